The van der Waals surface area contributed by atoms with Crippen LogP contribution in [0.2, 0.25) is 0 Å². The van der Waals surface area contributed by atoms with E-state index < -0.39 is 6.10 Å². The van der Waals surface area contributed by atoms with Gasteiger partial charge in [0.25, 0.3) is 0 Å². The number of aliphatic hydroxyl groups excluding tert-OH is 2. The van der Waals surface area contributed by atoms with Crippen molar-refractivity contribution in [3.63, 3.8) is 0 Å². The Morgan fingerprint density at radius 1 is 1.46 bits per heavy atom. The van der Waals surface area contributed by atoms with Crippen LogP contribution in [0, 0.1) is 12.0 Å². The largest absolute Gasteiger partial charge is 0.396 e. The van der Waals surface area contributed by atoms with Crippen LogP contribution in [0.1, 0.15) is 18.6 Å². The SMILES string of the molecule is C[C@@H](CO)[C@@H](O)c1[c-]cccc1.[Y]. The molecule has 0 saturated heterocycles. The molecule has 2 nitrogen and oxygen atoms in total. The first-order valence-corrected chi connectivity index (χ1v) is 4.01. The fourth-order valence-corrected chi connectivity index (χ4v) is 0.998. The van der Waals surface area contributed by atoms with Gasteiger partial charge in [-0.15, -0.1) is 5.56 Å². The van der Waals surface area contributed by atoms with Crippen molar-refractivity contribution in [3.8, 4) is 0 Å². The van der Waals surface area contributed by atoms with Gasteiger partial charge in [0.15, 0.2) is 0 Å². The summed E-state index contributed by atoms with van der Waals surface area (Å²) in [5.74, 6) is -0.136. The Kier molecular flexibility index (Phi) is 6.79. The second-order valence-electron chi connectivity index (χ2n) is 2.92. The second kappa shape index (κ2) is 6.66. The van der Waals surface area contributed by atoms with E-state index in [-0.39, 0.29) is 45.2 Å². The van der Waals surface area contributed by atoms with Crippen LogP contribution in [-0.4, -0.2) is 16.8 Å². The molecule has 0 spiro atoms. The molecule has 2 N–H and O–H groups in total. The van der Waals surface area contributed by atoms with E-state index in [1.807, 2.05) is 12.1 Å². The quantitative estimate of drug-likeness (QED) is 0.794. The van der Waals surface area contributed by atoms with Crippen LogP contribution >= 0.6 is 0 Å². The maximum atomic E-state index is 9.60. The summed E-state index contributed by atoms with van der Waals surface area (Å²) in [5.41, 5.74) is 0.735. The van der Waals surface area contributed by atoms with Crippen LogP contribution in [0.4, 0.5) is 0 Å². The molecule has 0 amide bonds. The summed E-state index contributed by atoms with van der Waals surface area (Å²) in [4.78, 5) is 0. The van der Waals surface area contributed by atoms with Gasteiger partial charge in [-0.3, -0.25) is 0 Å². The van der Waals surface area contributed by atoms with Crippen LogP contribution in [0.25, 0.3) is 0 Å². The summed E-state index contributed by atoms with van der Waals surface area (Å²) in [5, 5.41) is 18.4. The van der Waals surface area contributed by atoms with E-state index >= 15 is 0 Å². The first kappa shape index (κ1) is 13.2. The van der Waals surface area contributed by atoms with Gasteiger partial charge < -0.3 is 10.2 Å². The van der Waals surface area contributed by atoms with Gasteiger partial charge in [-0.05, 0) is 0 Å². The molecule has 1 aromatic carbocycles. The molecule has 0 aliphatic rings. The number of rotatable bonds is 3. The summed E-state index contributed by atoms with van der Waals surface area (Å²) < 4.78 is 0. The smallest absolute Gasteiger partial charge is 0.0614 e. The minimum Gasteiger partial charge on any atom is -0.396 e. The number of aliphatic hydroxyl groups is 2. The number of hydrogen-bond donors (Lipinski definition) is 2. The molecule has 0 heterocycles. The molecule has 2 atom stereocenters. The molecule has 3 heteroatoms. The first-order chi connectivity index (χ1) is 5.75. The van der Waals surface area contributed by atoms with Crippen LogP contribution in [0.3, 0.4) is 0 Å². The molecule has 0 fully saturated rings. The molecule has 13 heavy (non-hydrogen) atoms. The van der Waals surface area contributed by atoms with E-state index in [9.17, 15) is 5.11 Å². The Labute approximate surface area is 104 Å². The van der Waals surface area contributed by atoms with Crippen LogP contribution in [-0.2, 0) is 32.7 Å². The van der Waals surface area contributed by atoms with Crippen LogP contribution < -0.4 is 0 Å². The van der Waals surface area contributed by atoms with Crippen molar-refractivity contribution in [1.29, 1.82) is 0 Å². The molecule has 1 aromatic rings. The molecule has 0 saturated carbocycles. The Morgan fingerprint density at radius 3 is 2.62 bits per heavy atom. The predicted molar refractivity (Wildman–Crippen MR) is 46.5 cm³/mol. The molecular weight excluding hydrogens is 241 g/mol. The van der Waals surface area contributed by atoms with Gasteiger partial charge in [0, 0.05) is 45.2 Å². The van der Waals surface area contributed by atoms with Crippen molar-refractivity contribution in [2.24, 2.45) is 5.92 Å². The molecule has 0 unspecified atom stereocenters. The average molecular weight is 254 g/mol. The Hall–Kier alpha value is 0.244. The fourth-order valence-electron chi connectivity index (χ4n) is 0.998. The maximum absolute atomic E-state index is 9.60. The average Bonchev–Trinajstić information content (AvgIpc) is 2.17. The van der Waals surface area contributed by atoms with E-state index in [2.05, 4.69) is 6.07 Å². The topological polar surface area (TPSA) is 40.5 Å². The van der Waals surface area contributed by atoms with Gasteiger partial charge in [0.2, 0.25) is 0 Å². The second-order valence-corrected chi connectivity index (χ2v) is 2.92. The van der Waals surface area contributed by atoms with E-state index in [4.69, 9.17) is 5.11 Å². The summed E-state index contributed by atoms with van der Waals surface area (Å²) in [6.07, 6.45) is -0.615. The normalized spacial score (nSPS) is 14.4. The number of hydrogen-bond acceptors (Lipinski definition) is 2. The Morgan fingerprint density at radius 2 is 2.15 bits per heavy atom. The van der Waals surface area contributed by atoms with Crippen LogP contribution in [0.15, 0.2) is 24.3 Å². The minimum absolute atomic E-state index is 0. The fraction of sp³-hybridized carbons (Fsp3) is 0.400. The van der Waals surface area contributed by atoms with Gasteiger partial charge in [-0.2, -0.15) is 30.3 Å². The van der Waals surface area contributed by atoms with E-state index in [0.29, 0.717) is 0 Å². The summed E-state index contributed by atoms with van der Waals surface area (Å²) in [7, 11) is 0. The first-order valence-electron chi connectivity index (χ1n) is 4.01. The van der Waals surface area contributed by atoms with Crippen molar-refractivity contribution < 1.29 is 42.9 Å². The molecule has 0 aliphatic carbocycles. The molecule has 0 aromatic heterocycles. The molecule has 0 bridgehead atoms. The zero-order valence-corrected chi connectivity index (χ0v) is 10.5. The third-order valence-corrected chi connectivity index (χ3v) is 1.88. The van der Waals surface area contributed by atoms with E-state index in [1.165, 1.54) is 0 Å². The van der Waals surface area contributed by atoms with Crippen molar-refractivity contribution in [2.75, 3.05) is 6.61 Å². The third kappa shape index (κ3) is 3.86. The summed E-state index contributed by atoms with van der Waals surface area (Å²) in [6.45, 7) is 1.79. The van der Waals surface area contributed by atoms with Crippen molar-refractivity contribution >= 4 is 0 Å². The molecular formula is C10H13O2Y-. The standard InChI is InChI=1S/C10H13O2.Y/c1-8(7-11)10(12)9-5-3-2-4-6-9;/h2-5,8,10-12H,7H2,1H3;/q-1;/t8-,10+;/m0./s1. The monoisotopic (exact) mass is 254 g/mol. The molecule has 1 radical (unpaired) electrons. The van der Waals surface area contributed by atoms with Gasteiger partial charge >= 0.3 is 0 Å². The zero-order chi connectivity index (χ0) is 8.97. The molecule has 69 valence electrons. The number of benzene rings is 1. The van der Waals surface area contributed by atoms with Crippen molar-refractivity contribution in [1.82, 2.24) is 0 Å². The summed E-state index contributed by atoms with van der Waals surface area (Å²) in [6, 6.07) is 10.2. The molecule has 1 rings (SSSR count). The minimum atomic E-state index is -0.615. The predicted octanol–water partition coefficient (Wildman–Crippen LogP) is 1.15. The van der Waals surface area contributed by atoms with E-state index in [1.54, 1.807) is 19.1 Å². The Balaban J connectivity index is 0.00000144. The van der Waals surface area contributed by atoms with E-state index in [0.717, 1.165) is 5.56 Å². The maximum Gasteiger partial charge on any atom is 0.0614 e. The van der Waals surface area contributed by atoms with Gasteiger partial charge in [0.05, 0.1) is 6.10 Å². The Bertz CT molecular complexity index is 226. The zero-order valence-electron chi connectivity index (χ0n) is 7.64. The van der Waals surface area contributed by atoms with Crippen molar-refractivity contribution in [3.05, 3.63) is 35.9 Å². The third-order valence-electron chi connectivity index (χ3n) is 1.88. The van der Waals surface area contributed by atoms with Crippen molar-refractivity contribution in [2.45, 2.75) is 13.0 Å². The van der Waals surface area contributed by atoms with Gasteiger partial charge in [0.1, 0.15) is 0 Å². The van der Waals surface area contributed by atoms with Gasteiger partial charge in [-0.1, -0.05) is 6.92 Å². The van der Waals surface area contributed by atoms with Gasteiger partial charge in [-0.25, -0.2) is 0 Å². The molecule has 0 aliphatic heterocycles. The summed E-state index contributed by atoms with van der Waals surface area (Å²) >= 11 is 0. The van der Waals surface area contributed by atoms with Crippen LogP contribution in [0.5, 0.6) is 0 Å².